The van der Waals surface area contributed by atoms with E-state index < -0.39 is 11.1 Å². The molecule has 1 saturated carbocycles. The average Bonchev–Trinajstić information content (AvgIpc) is 2.96. The molecule has 1 aromatic carbocycles. The molecule has 1 aliphatic carbocycles. The van der Waals surface area contributed by atoms with Crippen LogP contribution < -0.4 is 5.32 Å². The van der Waals surface area contributed by atoms with Crippen molar-refractivity contribution < 1.29 is 14.3 Å². The fourth-order valence-corrected chi connectivity index (χ4v) is 4.50. The van der Waals surface area contributed by atoms with Gasteiger partial charge in [-0.15, -0.1) is 0 Å². The number of rotatable bonds is 3. The molecule has 3 atom stereocenters. The third-order valence-electron chi connectivity index (χ3n) is 5.98. The first kappa shape index (κ1) is 19.7. The largest absolute Gasteiger partial charge is 0.444 e. The molecule has 0 radical (unpaired) electrons. The first-order valence-corrected chi connectivity index (χ1v) is 10.2. The van der Waals surface area contributed by atoms with E-state index in [1.54, 1.807) is 4.90 Å². The number of nitrogens with zero attached hydrogens (tertiary/aromatic N) is 2. The summed E-state index contributed by atoms with van der Waals surface area (Å²) in [5, 5.41) is 11.8. The Labute approximate surface area is 171 Å². The summed E-state index contributed by atoms with van der Waals surface area (Å²) in [6.07, 6.45) is -0.289. The second-order valence-electron chi connectivity index (χ2n) is 9.92. The second-order valence-corrected chi connectivity index (χ2v) is 9.92. The van der Waals surface area contributed by atoms with E-state index in [-0.39, 0.29) is 29.8 Å². The monoisotopic (exact) mass is 398 g/mol. The van der Waals surface area contributed by atoms with Gasteiger partial charge in [-0.25, -0.2) is 4.79 Å². The van der Waals surface area contributed by atoms with Crippen molar-refractivity contribution in [1.82, 2.24) is 20.4 Å². The van der Waals surface area contributed by atoms with Gasteiger partial charge in [-0.1, -0.05) is 18.2 Å². The maximum absolute atomic E-state index is 13.0. The zero-order chi connectivity index (χ0) is 21.1. The Hall–Kier alpha value is -2.57. The molecule has 1 saturated heterocycles. The lowest BCUT2D eigenvalue weighted by Gasteiger charge is -2.27. The zero-order valence-corrected chi connectivity index (χ0v) is 18.0. The number of fused-ring (bicyclic) bond motifs is 2. The molecule has 29 heavy (non-hydrogen) atoms. The predicted octanol–water partition coefficient (Wildman–Crippen LogP) is 3.34. The summed E-state index contributed by atoms with van der Waals surface area (Å²) in [4.78, 5) is 26.9. The van der Waals surface area contributed by atoms with E-state index in [2.05, 4.69) is 15.5 Å². The van der Waals surface area contributed by atoms with Crippen LogP contribution in [0.25, 0.3) is 10.9 Å². The second kappa shape index (κ2) is 6.47. The summed E-state index contributed by atoms with van der Waals surface area (Å²) in [5.74, 6) is 0.436. The number of benzene rings is 1. The van der Waals surface area contributed by atoms with Crippen LogP contribution in [-0.2, 0) is 15.1 Å². The van der Waals surface area contributed by atoms with Crippen molar-refractivity contribution in [3.63, 3.8) is 0 Å². The van der Waals surface area contributed by atoms with Crippen molar-refractivity contribution in [1.29, 1.82) is 0 Å². The SMILES string of the molecule is Cc1cccc2c(C(C)(C)NC(=O)[C@H]3[C@@H]4CN(C(=O)OC(C)(C)C)C[C@@H]43)n[nH]c12. The highest BCUT2D eigenvalue weighted by molar-refractivity contribution is 5.87. The molecule has 1 aliphatic heterocycles. The van der Waals surface area contributed by atoms with Gasteiger partial charge in [-0.2, -0.15) is 5.10 Å². The maximum atomic E-state index is 13.0. The summed E-state index contributed by atoms with van der Waals surface area (Å²) < 4.78 is 5.44. The van der Waals surface area contributed by atoms with E-state index in [9.17, 15) is 9.59 Å². The summed E-state index contributed by atoms with van der Waals surface area (Å²) in [5.41, 5.74) is 1.87. The molecule has 7 heteroatoms. The molecule has 156 valence electrons. The Bertz CT molecular complexity index is 960. The molecule has 2 amide bonds. The van der Waals surface area contributed by atoms with Crippen molar-refractivity contribution >= 4 is 22.9 Å². The highest BCUT2D eigenvalue weighted by Gasteiger charge is 2.61. The van der Waals surface area contributed by atoms with E-state index in [1.165, 1.54) is 0 Å². The molecule has 7 nitrogen and oxygen atoms in total. The molecular weight excluding hydrogens is 368 g/mol. The number of hydrogen-bond acceptors (Lipinski definition) is 4. The fourth-order valence-electron chi connectivity index (χ4n) is 4.50. The minimum atomic E-state index is -0.592. The fraction of sp³-hybridized carbons (Fsp3) is 0.591. The molecule has 2 aromatic rings. The van der Waals surface area contributed by atoms with Gasteiger partial charge in [0.1, 0.15) is 5.60 Å². The lowest BCUT2D eigenvalue weighted by molar-refractivity contribution is -0.125. The van der Waals surface area contributed by atoms with Crippen LogP contribution >= 0.6 is 0 Å². The molecule has 2 aliphatic rings. The van der Waals surface area contributed by atoms with E-state index in [0.29, 0.717) is 13.1 Å². The number of carbonyl (C=O) groups excluding carboxylic acids is 2. The predicted molar refractivity (Wildman–Crippen MR) is 110 cm³/mol. The molecule has 4 rings (SSSR count). The van der Waals surface area contributed by atoms with E-state index in [4.69, 9.17) is 4.74 Å². The van der Waals surface area contributed by atoms with Gasteiger partial charge in [0.25, 0.3) is 0 Å². The molecule has 0 unspecified atom stereocenters. The van der Waals surface area contributed by atoms with Crippen LogP contribution in [-0.4, -0.2) is 45.8 Å². The molecule has 1 aromatic heterocycles. The Morgan fingerprint density at radius 1 is 1.17 bits per heavy atom. The van der Waals surface area contributed by atoms with Gasteiger partial charge in [0, 0.05) is 24.4 Å². The Morgan fingerprint density at radius 3 is 2.45 bits per heavy atom. The van der Waals surface area contributed by atoms with Gasteiger partial charge in [0.05, 0.1) is 16.7 Å². The van der Waals surface area contributed by atoms with Crippen LogP contribution in [0, 0.1) is 24.7 Å². The van der Waals surface area contributed by atoms with Crippen LogP contribution in [0.15, 0.2) is 18.2 Å². The number of likely N-dealkylation sites (tertiary alicyclic amines) is 1. The third-order valence-corrected chi connectivity index (χ3v) is 5.98. The number of piperidine rings is 1. The number of amides is 2. The Kier molecular flexibility index (Phi) is 4.40. The molecule has 0 bridgehead atoms. The van der Waals surface area contributed by atoms with Gasteiger partial charge >= 0.3 is 6.09 Å². The summed E-state index contributed by atoms with van der Waals surface area (Å²) >= 11 is 0. The quantitative estimate of drug-likeness (QED) is 0.830. The minimum Gasteiger partial charge on any atom is -0.444 e. The van der Waals surface area contributed by atoms with Crippen LogP contribution in [0.3, 0.4) is 0 Å². The van der Waals surface area contributed by atoms with Crippen molar-refractivity contribution in [2.24, 2.45) is 17.8 Å². The van der Waals surface area contributed by atoms with E-state index in [0.717, 1.165) is 22.2 Å². The Morgan fingerprint density at radius 2 is 1.83 bits per heavy atom. The number of para-hydroxylation sites is 1. The number of carbonyl (C=O) groups is 2. The normalized spacial score (nSPS) is 23.8. The first-order chi connectivity index (χ1) is 13.5. The number of ether oxygens (including phenoxy) is 1. The lowest BCUT2D eigenvalue weighted by Crippen LogP contribution is -2.44. The van der Waals surface area contributed by atoms with Crippen LogP contribution in [0.4, 0.5) is 4.79 Å². The van der Waals surface area contributed by atoms with Gasteiger partial charge in [-0.3, -0.25) is 9.89 Å². The highest BCUT2D eigenvalue weighted by atomic mass is 16.6. The minimum absolute atomic E-state index is 0.0395. The third kappa shape index (κ3) is 3.58. The summed E-state index contributed by atoms with van der Waals surface area (Å²) in [6.45, 7) is 12.8. The van der Waals surface area contributed by atoms with Crippen LogP contribution in [0.5, 0.6) is 0 Å². The maximum Gasteiger partial charge on any atom is 0.410 e. The van der Waals surface area contributed by atoms with Gasteiger partial charge in [0.15, 0.2) is 0 Å². The first-order valence-electron chi connectivity index (χ1n) is 10.2. The van der Waals surface area contributed by atoms with Gasteiger partial charge in [-0.05, 0) is 58.9 Å². The molecule has 2 heterocycles. The number of nitrogens with one attached hydrogen (secondary N) is 2. The highest BCUT2D eigenvalue weighted by Crippen LogP contribution is 2.52. The number of hydrogen-bond donors (Lipinski definition) is 2. The van der Waals surface area contributed by atoms with Crippen molar-refractivity contribution in [2.45, 2.75) is 52.7 Å². The van der Waals surface area contributed by atoms with Crippen molar-refractivity contribution in [2.75, 3.05) is 13.1 Å². The molecule has 0 spiro atoms. The van der Waals surface area contributed by atoms with Crippen molar-refractivity contribution in [3.8, 4) is 0 Å². The standard InChI is InChI=1S/C22H30N4O3/c1-12-8-7-9-13-17(12)24-25-18(13)22(5,6)23-19(27)16-14-10-26(11-15(14)16)20(28)29-21(2,3)4/h7-9,14-16H,10-11H2,1-6H3,(H,23,27)(H,24,25)/t14-,15+,16+. The number of H-pyrrole nitrogens is 1. The topological polar surface area (TPSA) is 87.3 Å². The lowest BCUT2D eigenvalue weighted by atomic mass is 9.96. The number of aromatic nitrogens is 2. The van der Waals surface area contributed by atoms with E-state index >= 15 is 0 Å². The summed E-state index contributed by atoms with van der Waals surface area (Å²) in [7, 11) is 0. The van der Waals surface area contributed by atoms with E-state index in [1.807, 2.05) is 59.7 Å². The number of aromatic amines is 1. The average molecular weight is 399 g/mol. The van der Waals surface area contributed by atoms with Crippen molar-refractivity contribution in [3.05, 3.63) is 29.5 Å². The molecule has 2 N–H and O–H groups in total. The molecule has 2 fully saturated rings. The smallest absolute Gasteiger partial charge is 0.410 e. The van der Waals surface area contributed by atoms with Crippen LogP contribution in [0.1, 0.15) is 45.9 Å². The van der Waals surface area contributed by atoms with Gasteiger partial charge in [0.2, 0.25) is 5.91 Å². The molecular formula is C22H30N4O3. The zero-order valence-electron chi connectivity index (χ0n) is 18.0. The summed E-state index contributed by atoms with van der Waals surface area (Å²) in [6, 6.07) is 6.07. The van der Waals surface area contributed by atoms with Crippen LogP contribution in [0.2, 0.25) is 0 Å². The van der Waals surface area contributed by atoms with Gasteiger partial charge < -0.3 is 15.0 Å². The Balaban J connectivity index is 1.40. The number of aryl methyl sites for hydroxylation is 1.